The Labute approximate surface area is 188 Å². The van der Waals surface area contributed by atoms with Crippen LogP contribution in [0.5, 0.6) is 0 Å². The van der Waals surface area contributed by atoms with Crippen molar-refractivity contribution < 1.29 is 24.3 Å². The van der Waals surface area contributed by atoms with Crippen LogP contribution < -0.4 is 10.6 Å². The molecule has 0 bridgehead atoms. The summed E-state index contributed by atoms with van der Waals surface area (Å²) in [7, 11) is 0. The number of hydrogen-bond acceptors (Lipinski definition) is 5. The molecule has 0 saturated heterocycles. The van der Waals surface area contributed by atoms with Crippen LogP contribution in [0.1, 0.15) is 52.7 Å². The third kappa shape index (κ3) is 8.29. The molecule has 3 N–H and O–H groups in total. The first-order chi connectivity index (χ1) is 14.8. The zero-order chi connectivity index (χ0) is 23.9. The lowest BCUT2D eigenvalue weighted by molar-refractivity contribution is 0.0555. The van der Waals surface area contributed by atoms with Crippen molar-refractivity contribution in [1.29, 1.82) is 0 Å². The van der Waals surface area contributed by atoms with Gasteiger partial charge in [-0.3, -0.25) is 10.6 Å². The summed E-state index contributed by atoms with van der Waals surface area (Å²) in [4.78, 5) is 28.1. The summed E-state index contributed by atoms with van der Waals surface area (Å²) in [5.74, 6) is -0.388. The second-order valence-corrected chi connectivity index (χ2v) is 9.30. The van der Waals surface area contributed by atoms with E-state index in [1.807, 2.05) is 29.6 Å². The molecule has 0 spiro atoms. The number of amides is 2. The molecule has 0 heterocycles. The van der Waals surface area contributed by atoms with Crippen LogP contribution in [0.25, 0.3) is 11.1 Å². The number of nitrogens with zero attached hydrogens (tertiary/aromatic N) is 1. The molecule has 0 aliphatic carbocycles. The van der Waals surface area contributed by atoms with E-state index in [1.54, 1.807) is 20.8 Å². The van der Waals surface area contributed by atoms with Crippen molar-refractivity contribution in [2.24, 2.45) is 5.16 Å². The molecule has 172 valence electrons. The Morgan fingerprint density at radius 2 is 1.59 bits per heavy atom. The fraction of sp³-hybridized carbons (Fsp3) is 0.375. The average Bonchev–Trinajstić information content (AvgIpc) is 2.65. The van der Waals surface area contributed by atoms with E-state index in [-0.39, 0.29) is 18.0 Å². The summed E-state index contributed by atoms with van der Waals surface area (Å²) in [6, 6.07) is 16.1. The quantitative estimate of drug-likeness (QED) is 0.342. The Bertz CT molecular complexity index is 970. The minimum absolute atomic E-state index is 0.0781. The van der Waals surface area contributed by atoms with E-state index in [9.17, 15) is 9.59 Å². The van der Waals surface area contributed by atoms with Crippen LogP contribution >= 0.6 is 0 Å². The van der Waals surface area contributed by atoms with Gasteiger partial charge >= 0.3 is 12.2 Å². The Morgan fingerprint density at radius 3 is 2.16 bits per heavy atom. The topological polar surface area (TPSA) is 109 Å². The lowest BCUT2D eigenvalue weighted by atomic mass is 9.86. The average molecular weight is 442 g/mol. The Morgan fingerprint density at radius 1 is 0.938 bits per heavy atom. The molecule has 32 heavy (non-hydrogen) atoms. The smallest absolute Gasteiger partial charge is 0.414 e. The maximum Gasteiger partial charge on any atom is 0.414 e. The van der Waals surface area contributed by atoms with Crippen LogP contribution in [-0.2, 0) is 21.6 Å². The number of oxime groups is 1. The van der Waals surface area contributed by atoms with Gasteiger partial charge in [0.1, 0.15) is 12.2 Å². The van der Waals surface area contributed by atoms with E-state index in [4.69, 9.17) is 14.7 Å². The molecule has 0 radical (unpaired) electrons. The van der Waals surface area contributed by atoms with Gasteiger partial charge in [0, 0.05) is 0 Å². The monoisotopic (exact) mass is 441 g/mol. The van der Waals surface area contributed by atoms with E-state index in [0.29, 0.717) is 0 Å². The van der Waals surface area contributed by atoms with Gasteiger partial charge in [-0.15, -0.1) is 0 Å². The summed E-state index contributed by atoms with van der Waals surface area (Å²) in [5, 5.41) is 16.8. The van der Waals surface area contributed by atoms with E-state index in [0.717, 1.165) is 16.7 Å². The van der Waals surface area contributed by atoms with Gasteiger partial charge in [0.2, 0.25) is 0 Å². The van der Waals surface area contributed by atoms with Gasteiger partial charge in [0.25, 0.3) is 5.96 Å². The number of carbonyl (C=O) groups excluding carboxylic acids is 1. The summed E-state index contributed by atoms with van der Waals surface area (Å²) >= 11 is 0. The first kappa shape index (κ1) is 24.7. The van der Waals surface area contributed by atoms with Gasteiger partial charge in [-0.05, 0) is 59.7 Å². The molecule has 0 saturated carbocycles. The van der Waals surface area contributed by atoms with Crippen LogP contribution in [0.2, 0.25) is 0 Å². The van der Waals surface area contributed by atoms with Gasteiger partial charge in [-0.25, -0.2) is 9.59 Å². The summed E-state index contributed by atoms with van der Waals surface area (Å²) in [6.45, 7) is 11.7. The summed E-state index contributed by atoms with van der Waals surface area (Å²) < 4.78 is 5.09. The number of rotatable bonds is 4. The Hall–Kier alpha value is -3.55. The molecule has 0 aliphatic heterocycles. The third-order valence-corrected chi connectivity index (χ3v) is 4.24. The minimum Gasteiger partial charge on any atom is -0.465 e. The molecule has 2 amide bonds. The van der Waals surface area contributed by atoms with E-state index >= 15 is 0 Å². The number of alkyl carbamates (subject to hydrolysis) is 1. The number of guanidine groups is 1. The number of ether oxygens (including phenoxy) is 1. The van der Waals surface area contributed by atoms with Crippen LogP contribution in [-0.4, -0.2) is 28.9 Å². The zero-order valence-corrected chi connectivity index (χ0v) is 19.4. The molecule has 0 atom stereocenters. The van der Waals surface area contributed by atoms with E-state index in [2.05, 4.69) is 55.5 Å². The molecule has 2 aromatic carbocycles. The van der Waals surface area contributed by atoms with Gasteiger partial charge in [-0.2, -0.15) is 0 Å². The summed E-state index contributed by atoms with van der Waals surface area (Å²) in [6.07, 6.45) is -2.25. The lowest BCUT2D eigenvalue weighted by Crippen LogP contribution is -2.45. The molecule has 0 fully saturated rings. The first-order valence-corrected chi connectivity index (χ1v) is 10.2. The predicted octanol–water partition coefficient (Wildman–Crippen LogP) is 5.23. The molecular weight excluding hydrogens is 410 g/mol. The first-order valence-electron chi connectivity index (χ1n) is 10.2. The number of carboxylic acid groups (broad SMARTS) is 1. The Balaban J connectivity index is 2.07. The molecular formula is C24H31N3O5. The summed E-state index contributed by atoms with van der Waals surface area (Å²) in [5.41, 5.74) is 3.52. The van der Waals surface area contributed by atoms with Crippen molar-refractivity contribution in [2.75, 3.05) is 0 Å². The molecule has 0 aromatic heterocycles. The molecule has 8 nitrogen and oxygen atoms in total. The number of nitrogens with one attached hydrogen (secondary N) is 2. The highest BCUT2D eigenvalue weighted by molar-refractivity contribution is 6.00. The maximum absolute atomic E-state index is 11.9. The normalized spacial score (nSPS) is 12.1. The van der Waals surface area contributed by atoms with Crippen molar-refractivity contribution in [3.05, 3.63) is 59.7 Å². The highest BCUT2D eigenvalue weighted by Crippen LogP contribution is 2.26. The molecule has 8 heteroatoms. The van der Waals surface area contributed by atoms with Gasteiger partial charge < -0.3 is 14.7 Å². The van der Waals surface area contributed by atoms with E-state index < -0.39 is 17.8 Å². The molecule has 0 unspecified atom stereocenters. The van der Waals surface area contributed by atoms with Crippen LogP contribution in [0.4, 0.5) is 9.59 Å². The van der Waals surface area contributed by atoms with Gasteiger partial charge in [0.15, 0.2) is 0 Å². The van der Waals surface area contributed by atoms with Gasteiger partial charge in [-0.1, -0.05) is 63.2 Å². The van der Waals surface area contributed by atoms with Crippen molar-refractivity contribution in [2.45, 2.75) is 59.2 Å². The third-order valence-electron chi connectivity index (χ3n) is 4.24. The Kier molecular flexibility index (Phi) is 7.86. The number of hydrogen-bond donors (Lipinski definition) is 3. The van der Waals surface area contributed by atoms with Crippen LogP contribution in [0.3, 0.4) is 0 Å². The fourth-order valence-electron chi connectivity index (χ4n) is 2.75. The van der Waals surface area contributed by atoms with Crippen LogP contribution in [0, 0.1) is 0 Å². The highest BCUT2D eigenvalue weighted by Gasteiger charge is 2.18. The van der Waals surface area contributed by atoms with Crippen molar-refractivity contribution >= 4 is 18.1 Å². The predicted molar refractivity (Wildman–Crippen MR) is 123 cm³/mol. The highest BCUT2D eigenvalue weighted by atomic mass is 16.6. The van der Waals surface area contributed by atoms with Crippen molar-refractivity contribution in [1.82, 2.24) is 10.6 Å². The zero-order valence-electron chi connectivity index (χ0n) is 19.4. The van der Waals surface area contributed by atoms with Gasteiger partial charge in [0.05, 0.1) is 0 Å². The molecule has 0 aliphatic rings. The standard InChI is InChI=1S/C24H31N3O5/c1-23(2,3)19-12-10-17(11-13-19)18-9-7-8-16(14-18)15-31-27-20(25-21(28)29)26-22(30)32-24(4,5)6/h7-14H,15H2,1-6H3,(H,28,29)(H2,25,26,27,30). The second kappa shape index (κ2) is 10.2. The van der Waals surface area contributed by atoms with Crippen molar-refractivity contribution in [3.63, 3.8) is 0 Å². The van der Waals surface area contributed by atoms with Crippen LogP contribution in [0.15, 0.2) is 53.7 Å². The SMILES string of the molecule is CC(C)(C)OC(=O)NC(=NOCc1cccc(-c2ccc(C(C)(C)C)cc2)c1)NC(=O)O. The van der Waals surface area contributed by atoms with E-state index in [1.165, 1.54) is 5.56 Å². The molecule has 2 aromatic rings. The maximum atomic E-state index is 11.9. The number of benzene rings is 2. The fourth-order valence-corrected chi connectivity index (χ4v) is 2.75. The largest absolute Gasteiger partial charge is 0.465 e. The number of carbonyl (C=O) groups is 2. The second-order valence-electron chi connectivity index (χ2n) is 9.30. The lowest BCUT2D eigenvalue weighted by Gasteiger charge is -2.19. The van der Waals surface area contributed by atoms with Crippen molar-refractivity contribution in [3.8, 4) is 11.1 Å². The molecule has 2 rings (SSSR count). The minimum atomic E-state index is -1.40.